The van der Waals surface area contributed by atoms with Gasteiger partial charge in [0, 0.05) is 6.38 Å². The van der Waals surface area contributed by atoms with Gasteiger partial charge in [0.1, 0.15) is 0 Å². The molecule has 0 saturated carbocycles. The molecular formula is C11H18ClZr. The van der Waals surface area contributed by atoms with Crippen LogP contribution in [0.25, 0.3) is 0 Å². The number of allylic oxidation sites excluding steroid dienone is 4. The smallest absolute Gasteiger partial charge is 0.0108 e. The predicted octanol–water partition coefficient (Wildman–Crippen LogP) is 4.04. The molecule has 0 aromatic rings. The van der Waals surface area contributed by atoms with Gasteiger partial charge >= 0.3 is 84.8 Å². The normalized spacial score (nSPS) is 20.2. The van der Waals surface area contributed by atoms with Crippen LogP contribution in [-0.2, 0) is 24.7 Å². The summed E-state index contributed by atoms with van der Waals surface area (Å²) in [5.41, 5.74) is 4.96. The Morgan fingerprint density at radius 1 is 1.00 bits per heavy atom. The molecule has 1 rings (SSSR count). The fraction of sp³-hybridized carbons (Fsp3) is 0.636. The Balaban J connectivity index is 0.000000671. The van der Waals surface area contributed by atoms with Crippen LogP contribution in [0.5, 0.6) is 0 Å². The standard InChI is InChI=1S/C10H15.CH3Cl.Zr/c1-7-6-10(4,5)9(3)8(7)2;1-2;/h1-5H3;1H3;. The zero-order valence-electron chi connectivity index (χ0n) is 9.38. The predicted molar refractivity (Wildman–Crippen MR) is 56.6 cm³/mol. The van der Waals surface area contributed by atoms with E-state index in [-0.39, 0.29) is 0 Å². The van der Waals surface area contributed by atoms with Gasteiger partial charge in [-0.1, -0.05) is 0 Å². The average Bonchev–Trinajstić information content (AvgIpc) is 2.25. The summed E-state index contributed by atoms with van der Waals surface area (Å²) >= 11 is 6.21. The van der Waals surface area contributed by atoms with Crippen LogP contribution in [-0.4, -0.2) is 6.38 Å². The maximum absolute atomic E-state index is 4.64. The summed E-state index contributed by atoms with van der Waals surface area (Å²) in [5.74, 6) is 0. The number of hydrogen-bond acceptors (Lipinski definition) is 0. The molecule has 13 heavy (non-hydrogen) atoms. The van der Waals surface area contributed by atoms with E-state index in [0.717, 1.165) is 0 Å². The van der Waals surface area contributed by atoms with Crippen molar-refractivity contribution >= 4 is 11.6 Å². The second kappa shape index (κ2) is 4.94. The van der Waals surface area contributed by atoms with E-state index in [1.807, 2.05) is 0 Å². The SMILES string of the molecule is CC1=C(C)C(C)(C)[C]([Zr])=C1C.CCl. The summed E-state index contributed by atoms with van der Waals surface area (Å²) in [6, 6.07) is 0. The molecule has 0 atom stereocenters. The van der Waals surface area contributed by atoms with Crippen molar-refractivity contribution in [3.05, 3.63) is 20.0 Å². The van der Waals surface area contributed by atoms with Gasteiger partial charge in [0.05, 0.1) is 0 Å². The van der Waals surface area contributed by atoms with Crippen LogP contribution < -0.4 is 0 Å². The molecule has 0 fully saturated rings. The van der Waals surface area contributed by atoms with Crippen molar-refractivity contribution in [2.45, 2.75) is 34.6 Å². The van der Waals surface area contributed by atoms with E-state index in [9.17, 15) is 0 Å². The Bertz CT molecular complexity index is 233. The summed E-state index contributed by atoms with van der Waals surface area (Å²) in [6.07, 6.45) is 1.47. The number of rotatable bonds is 0. The Morgan fingerprint density at radius 2 is 1.38 bits per heavy atom. The van der Waals surface area contributed by atoms with Crippen LogP contribution in [0.15, 0.2) is 20.0 Å². The molecule has 0 aromatic heterocycles. The average molecular weight is 277 g/mol. The summed E-state index contributed by atoms with van der Waals surface area (Å²) in [4.78, 5) is 0. The molecule has 0 aromatic carbocycles. The van der Waals surface area contributed by atoms with Crippen LogP contribution in [0.1, 0.15) is 34.6 Å². The number of halogens is 1. The molecule has 0 spiro atoms. The molecule has 0 aliphatic heterocycles. The van der Waals surface area contributed by atoms with E-state index >= 15 is 0 Å². The molecular weight excluding hydrogens is 259 g/mol. The molecule has 0 radical (unpaired) electrons. The summed E-state index contributed by atoms with van der Waals surface area (Å²) in [7, 11) is 0. The van der Waals surface area contributed by atoms with Crippen LogP contribution >= 0.6 is 11.6 Å². The molecule has 0 amide bonds. The first-order chi connectivity index (χ1) is 5.89. The maximum atomic E-state index is 4.64. The van der Waals surface area contributed by atoms with Gasteiger partial charge in [0.15, 0.2) is 0 Å². The van der Waals surface area contributed by atoms with Gasteiger partial charge in [-0.2, -0.15) is 0 Å². The monoisotopic (exact) mass is 275 g/mol. The quantitative estimate of drug-likeness (QED) is 0.586. The van der Waals surface area contributed by atoms with E-state index in [0.29, 0.717) is 5.41 Å². The largest absolute Gasteiger partial charge is 0.130 e. The fourth-order valence-corrected chi connectivity index (χ4v) is 2.52. The van der Waals surface area contributed by atoms with Gasteiger partial charge < -0.3 is 0 Å². The van der Waals surface area contributed by atoms with Gasteiger partial charge in [0.2, 0.25) is 0 Å². The molecule has 73 valence electrons. The van der Waals surface area contributed by atoms with Gasteiger partial charge in [-0.25, -0.2) is 0 Å². The third-order valence-electron chi connectivity index (χ3n) is 3.06. The second-order valence-electron chi connectivity index (χ2n) is 3.88. The van der Waals surface area contributed by atoms with Crippen molar-refractivity contribution in [3.63, 3.8) is 0 Å². The van der Waals surface area contributed by atoms with E-state index in [1.165, 1.54) is 17.5 Å². The van der Waals surface area contributed by atoms with Crippen molar-refractivity contribution in [1.82, 2.24) is 0 Å². The molecule has 1 aliphatic carbocycles. The third-order valence-corrected chi connectivity index (χ3v) is 5.52. The summed E-state index contributed by atoms with van der Waals surface area (Å²) in [5, 5.41) is 0. The van der Waals surface area contributed by atoms with E-state index in [1.54, 1.807) is 33.6 Å². The Kier molecular flexibility index (Phi) is 5.19. The molecule has 0 heterocycles. The Morgan fingerprint density at radius 3 is 1.46 bits per heavy atom. The van der Waals surface area contributed by atoms with Crippen molar-refractivity contribution in [3.8, 4) is 0 Å². The molecule has 0 unspecified atom stereocenters. The minimum absolute atomic E-state index is 0.354. The maximum Gasteiger partial charge on any atom is 0.0108 e. The van der Waals surface area contributed by atoms with E-state index in [2.05, 4.69) is 46.2 Å². The van der Waals surface area contributed by atoms with E-state index < -0.39 is 0 Å². The summed E-state index contributed by atoms with van der Waals surface area (Å²) in [6.45, 7) is 11.4. The van der Waals surface area contributed by atoms with Gasteiger partial charge in [-0.15, -0.1) is 11.6 Å². The third kappa shape index (κ3) is 2.36. The second-order valence-corrected chi connectivity index (χ2v) is 5.10. The molecule has 0 N–H and O–H groups in total. The Hall–Kier alpha value is 0.653. The molecule has 0 saturated heterocycles. The van der Waals surface area contributed by atoms with Gasteiger partial charge in [-0.05, 0) is 0 Å². The van der Waals surface area contributed by atoms with E-state index in [4.69, 9.17) is 0 Å². The van der Waals surface area contributed by atoms with Gasteiger partial charge in [0.25, 0.3) is 0 Å². The van der Waals surface area contributed by atoms with Crippen LogP contribution in [0.4, 0.5) is 0 Å². The fourth-order valence-electron chi connectivity index (χ4n) is 1.59. The van der Waals surface area contributed by atoms with Crippen LogP contribution in [0.2, 0.25) is 0 Å². The van der Waals surface area contributed by atoms with Crippen molar-refractivity contribution < 1.29 is 24.7 Å². The minimum atomic E-state index is 0.354. The number of alkyl halides is 1. The van der Waals surface area contributed by atoms with Crippen LogP contribution in [0, 0.1) is 5.41 Å². The molecule has 0 nitrogen and oxygen atoms in total. The van der Waals surface area contributed by atoms with Crippen LogP contribution in [0.3, 0.4) is 0 Å². The number of hydrogen-bond donors (Lipinski definition) is 0. The van der Waals surface area contributed by atoms with Gasteiger partial charge in [-0.3, -0.25) is 0 Å². The van der Waals surface area contributed by atoms with Crippen molar-refractivity contribution in [1.29, 1.82) is 0 Å². The summed E-state index contributed by atoms with van der Waals surface area (Å²) < 4.78 is 1.62. The molecule has 1 aliphatic rings. The zero-order valence-corrected chi connectivity index (χ0v) is 12.6. The first kappa shape index (κ1) is 13.7. The first-order valence-electron chi connectivity index (χ1n) is 4.38. The zero-order chi connectivity index (χ0) is 10.8. The minimum Gasteiger partial charge on any atom is -0.130 e. The van der Waals surface area contributed by atoms with Crippen molar-refractivity contribution in [2.24, 2.45) is 5.41 Å². The first-order valence-corrected chi connectivity index (χ1v) is 6.36. The molecule has 0 bridgehead atoms. The Labute approximate surface area is 102 Å². The topological polar surface area (TPSA) is 0 Å². The molecule has 2 heteroatoms. The van der Waals surface area contributed by atoms with Crippen molar-refractivity contribution in [2.75, 3.05) is 6.38 Å².